The molecule has 166 valence electrons. The highest BCUT2D eigenvalue weighted by molar-refractivity contribution is 5.71. The predicted octanol–water partition coefficient (Wildman–Crippen LogP) is 1.86. The zero-order valence-electron chi connectivity index (χ0n) is 15.5. The molecule has 0 heterocycles. The largest absolute Gasteiger partial charge is 0.505 e. The molecular formula is C14H14N6O11. The van der Waals surface area contributed by atoms with Gasteiger partial charge in [0.2, 0.25) is 0 Å². The second kappa shape index (κ2) is 10.1. The number of nitrogen functional groups attached to an aromatic ring is 2. The molecule has 0 unspecified atom stereocenters. The molecule has 0 fully saturated rings. The number of nitro benzene ring substituents is 4. The highest BCUT2D eigenvalue weighted by atomic mass is 16.7. The van der Waals surface area contributed by atoms with Crippen molar-refractivity contribution < 1.29 is 34.3 Å². The number of hydrogen-bond acceptors (Lipinski definition) is 13. The molecule has 0 radical (unpaired) electrons. The molecule has 0 aliphatic rings. The van der Waals surface area contributed by atoms with E-state index in [1.54, 1.807) is 0 Å². The standard InChI is InChI=1S/C8H9N3O6.C6H5N3O5/c1-16-4-17-7-3-5(10(12)13)2-6(8(7)9)11(14)15;7-6-4(9(13)14)1-3(8(11)12)2-5(6)10/h2-3H,4,9H2,1H3;1-2,10H,7H2. The van der Waals surface area contributed by atoms with Gasteiger partial charge in [-0.15, -0.1) is 0 Å². The highest BCUT2D eigenvalue weighted by Gasteiger charge is 2.23. The third-order valence-electron chi connectivity index (χ3n) is 3.37. The first-order valence-electron chi connectivity index (χ1n) is 7.66. The average Bonchev–Trinajstić information content (AvgIpc) is 2.68. The minimum Gasteiger partial charge on any atom is -0.505 e. The van der Waals surface area contributed by atoms with Crippen molar-refractivity contribution in [3.8, 4) is 11.5 Å². The van der Waals surface area contributed by atoms with E-state index >= 15 is 0 Å². The van der Waals surface area contributed by atoms with Gasteiger partial charge in [-0.2, -0.15) is 0 Å². The number of phenolic OH excluding ortho intramolecular Hbond substituents is 1. The van der Waals surface area contributed by atoms with Gasteiger partial charge in [0.15, 0.2) is 29.7 Å². The summed E-state index contributed by atoms with van der Waals surface area (Å²) in [6, 6.07) is 3.22. The Bertz CT molecular complexity index is 1040. The minimum atomic E-state index is -0.901. The van der Waals surface area contributed by atoms with E-state index in [9.17, 15) is 40.5 Å². The Hall–Kier alpha value is -4.80. The van der Waals surface area contributed by atoms with Gasteiger partial charge >= 0.3 is 11.4 Å². The second-order valence-corrected chi connectivity index (χ2v) is 5.35. The Morgan fingerprint density at radius 2 is 1.26 bits per heavy atom. The summed E-state index contributed by atoms with van der Waals surface area (Å²) in [5.41, 5.74) is 7.50. The summed E-state index contributed by atoms with van der Waals surface area (Å²) in [6.45, 7) is -0.220. The molecule has 0 saturated heterocycles. The number of benzene rings is 2. The number of hydrogen-bond donors (Lipinski definition) is 3. The summed E-state index contributed by atoms with van der Waals surface area (Å²) in [4.78, 5) is 38.5. The number of ether oxygens (including phenoxy) is 2. The molecule has 31 heavy (non-hydrogen) atoms. The van der Waals surface area contributed by atoms with Gasteiger partial charge in [-0.25, -0.2) is 0 Å². The molecule has 0 atom stereocenters. The zero-order valence-corrected chi connectivity index (χ0v) is 15.5. The summed E-state index contributed by atoms with van der Waals surface area (Å²) in [7, 11) is 1.34. The first-order chi connectivity index (χ1) is 14.4. The third kappa shape index (κ3) is 6.09. The van der Waals surface area contributed by atoms with Gasteiger partial charge < -0.3 is 26.0 Å². The molecule has 17 nitrogen and oxygen atoms in total. The smallest absolute Gasteiger partial charge is 0.302 e. The Balaban J connectivity index is 0.000000316. The number of nitrogens with zero attached hydrogens (tertiary/aromatic N) is 4. The molecule has 2 aromatic rings. The lowest BCUT2D eigenvalue weighted by atomic mass is 10.2. The van der Waals surface area contributed by atoms with E-state index in [1.807, 2.05) is 0 Å². The maximum Gasteiger partial charge on any atom is 0.302 e. The summed E-state index contributed by atoms with van der Waals surface area (Å²) in [5, 5.41) is 50.9. The van der Waals surface area contributed by atoms with E-state index in [-0.39, 0.29) is 18.2 Å². The molecule has 2 aromatic carbocycles. The van der Waals surface area contributed by atoms with Crippen molar-refractivity contribution in [2.45, 2.75) is 0 Å². The molecule has 0 spiro atoms. The maximum atomic E-state index is 10.6. The second-order valence-electron chi connectivity index (χ2n) is 5.35. The fourth-order valence-electron chi connectivity index (χ4n) is 1.96. The van der Waals surface area contributed by atoms with Crippen LogP contribution >= 0.6 is 0 Å². The van der Waals surface area contributed by atoms with Gasteiger partial charge in [0.1, 0.15) is 0 Å². The van der Waals surface area contributed by atoms with Crippen molar-refractivity contribution in [1.29, 1.82) is 0 Å². The van der Waals surface area contributed by atoms with Crippen molar-refractivity contribution >= 4 is 34.1 Å². The number of nitro groups is 4. The predicted molar refractivity (Wildman–Crippen MR) is 102 cm³/mol. The molecule has 0 aliphatic heterocycles. The Morgan fingerprint density at radius 3 is 1.68 bits per heavy atom. The van der Waals surface area contributed by atoms with Crippen molar-refractivity contribution in [1.82, 2.24) is 0 Å². The minimum absolute atomic E-state index is 0.159. The maximum absolute atomic E-state index is 10.6. The number of aromatic hydroxyl groups is 1. The topological polar surface area (TPSA) is 263 Å². The van der Waals surface area contributed by atoms with Crippen LogP contribution in [0.1, 0.15) is 0 Å². The van der Waals surface area contributed by atoms with E-state index in [2.05, 4.69) is 4.74 Å². The zero-order chi connectivity index (χ0) is 23.9. The first-order valence-corrected chi connectivity index (χ1v) is 7.66. The van der Waals surface area contributed by atoms with E-state index in [1.165, 1.54) is 7.11 Å². The van der Waals surface area contributed by atoms with Crippen LogP contribution in [0.15, 0.2) is 24.3 Å². The van der Waals surface area contributed by atoms with Crippen LogP contribution in [-0.2, 0) is 4.74 Å². The van der Waals surface area contributed by atoms with E-state index in [4.69, 9.17) is 21.3 Å². The highest BCUT2D eigenvalue weighted by Crippen LogP contribution is 2.36. The lowest BCUT2D eigenvalue weighted by molar-refractivity contribution is -0.394. The summed E-state index contributed by atoms with van der Waals surface area (Å²) in [6.07, 6.45) is 0. The van der Waals surface area contributed by atoms with Crippen LogP contribution in [0.4, 0.5) is 34.1 Å². The summed E-state index contributed by atoms with van der Waals surface area (Å²) in [5.74, 6) is -0.835. The van der Waals surface area contributed by atoms with E-state index < -0.39 is 53.9 Å². The molecule has 5 N–H and O–H groups in total. The fraction of sp³-hybridized carbons (Fsp3) is 0.143. The Morgan fingerprint density at radius 1 is 0.806 bits per heavy atom. The molecular weight excluding hydrogens is 428 g/mol. The number of anilines is 2. The molecule has 0 bridgehead atoms. The molecule has 0 aliphatic carbocycles. The van der Waals surface area contributed by atoms with Crippen LogP contribution in [0, 0.1) is 40.5 Å². The summed E-state index contributed by atoms with van der Waals surface area (Å²) < 4.78 is 9.50. The molecule has 0 saturated carbocycles. The Labute approximate surface area is 171 Å². The van der Waals surface area contributed by atoms with Gasteiger partial charge in [-0.3, -0.25) is 40.5 Å². The normalized spacial score (nSPS) is 9.84. The van der Waals surface area contributed by atoms with Gasteiger partial charge in [0, 0.05) is 7.11 Å². The summed E-state index contributed by atoms with van der Waals surface area (Å²) >= 11 is 0. The number of non-ortho nitro benzene ring substituents is 2. The Kier molecular flexibility index (Phi) is 7.91. The first kappa shape index (κ1) is 24.2. The van der Waals surface area contributed by atoms with Gasteiger partial charge in [-0.1, -0.05) is 0 Å². The molecule has 2 rings (SSSR count). The van der Waals surface area contributed by atoms with Gasteiger partial charge in [0.05, 0.1) is 44.0 Å². The van der Waals surface area contributed by atoms with E-state index in [0.717, 1.165) is 18.2 Å². The SMILES string of the molecule is COCOc1cc([N+](=O)[O-])cc([N+](=O)[O-])c1N.Nc1c(O)cc([N+](=O)[O-])cc1[N+](=O)[O-]. The van der Waals surface area contributed by atoms with Crippen molar-refractivity contribution in [2.24, 2.45) is 0 Å². The number of phenols is 1. The average molecular weight is 442 g/mol. The van der Waals surface area contributed by atoms with Crippen molar-refractivity contribution in [2.75, 3.05) is 25.4 Å². The number of nitrogens with two attached hydrogens (primary N) is 2. The van der Waals surface area contributed by atoms with Crippen LogP contribution in [-0.4, -0.2) is 38.7 Å². The molecule has 0 aromatic heterocycles. The monoisotopic (exact) mass is 442 g/mol. The van der Waals surface area contributed by atoms with Crippen molar-refractivity contribution in [3.63, 3.8) is 0 Å². The van der Waals surface area contributed by atoms with Gasteiger partial charge in [0.25, 0.3) is 11.4 Å². The number of rotatable bonds is 7. The third-order valence-corrected chi connectivity index (χ3v) is 3.37. The lowest BCUT2D eigenvalue weighted by Gasteiger charge is -2.07. The van der Waals surface area contributed by atoms with Crippen LogP contribution in [0.25, 0.3) is 0 Å². The van der Waals surface area contributed by atoms with Gasteiger partial charge in [-0.05, 0) is 0 Å². The molecule has 17 heteroatoms. The van der Waals surface area contributed by atoms with Crippen LogP contribution in [0.5, 0.6) is 11.5 Å². The molecule has 0 amide bonds. The lowest BCUT2D eigenvalue weighted by Crippen LogP contribution is -2.05. The fourth-order valence-corrected chi connectivity index (χ4v) is 1.96. The van der Waals surface area contributed by atoms with Crippen LogP contribution in [0.3, 0.4) is 0 Å². The number of methoxy groups -OCH3 is 1. The van der Waals surface area contributed by atoms with Crippen molar-refractivity contribution in [3.05, 3.63) is 64.7 Å². The van der Waals surface area contributed by atoms with Crippen LogP contribution in [0.2, 0.25) is 0 Å². The van der Waals surface area contributed by atoms with Crippen LogP contribution < -0.4 is 16.2 Å². The quantitative estimate of drug-likeness (QED) is 0.182. The van der Waals surface area contributed by atoms with E-state index in [0.29, 0.717) is 6.07 Å².